The molecule has 2 aromatic carbocycles. The second-order valence-electron chi connectivity index (χ2n) is 5.21. The van der Waals surface area contributed by atoms with Crippen LogP contribution in [0.5, 0.6) is 0 Å². The van der Waals surface area contributed by atoms with Gasteiger partial charge in [0.1, 0.15) is 0 Å². The minimum atomic E-state index is -4.72. The van der Waals surface area contributed by atoms with E-state index in [9.17, 15) is 18.3 Å². The maximum atomic E-state index is 12.9. The maximum Gasteiger partial charge on any atom is 0.417 e. The number of hydrogen-bond acceptors (Lipinski definition) is 2. The molecule has 2 aromatic rings. The van der Waals surface area contributed by atoms with Crippen molar-refractivity contribution in [1.29, 1.82) is 0 Å². The van der Waals surface area contributed by atoms with E-state index in [1.54, 1.807) is 60.7 Å². The zero-order chi connectivity index (χ0) is 16.2. The van der Waals surface area contributed by atoms with Crippen LogP contribution in [0.15, 0.2) is 65.7 Å². The van der Waals surface area contributed by atoms with Gasteiger partial charge in [-0.05, 0) is 24.6 Å². The second kappa shape index (κ2) is 6.32. The predicted molar refractivity (Wildman–Crippen MR) is 80.4 cm³/mol. The predicted octanol–water partition coefficient (Wildman–Crippen LogP) is 4.51. The fourth-order valence-corrected chi connectivity index (χ4v) is 1.92. The standard InChI is InChI=1S/C17H16F3NO/c1-16(22,17(18,19)20)12-15(13-8-4-2-5-9-13)21-14-10-6-3-7-11-14/h2-11,22H,12H2,1H3/b21-15-. The van der Waals surface area contributed by atoms with E-state index in [2.05, 4.69) is 4.99 Å². The molecule has 116 valence electrons. The van der Waals surface area contributed by atoms with Crippen molar-refractivity contribution in [2.45, 2.75) is 25.1 Å². The topological polar surface area (TPSA) is 32.6 Å². The molecule has 1 unspecified atom stereocenters. The molecule has 2 rings (SSSR count). The summed E-state index contributed by atoms with van der Waals surface area (Å²) in [6.07, 6.45) is -5.34. The molecule has 0 radical (unpaired) electrons. The number of benzene rings is 2. The SMILES string of the molecule is CC(O)(C/C(=N/c1ccccc1)c1ccccc1)C(F)(F)F. The summed E-state index contributed by atoms with van der Waals surface area (Å²) in [5.41, 5.74) is -1.56. The lowest BCUT2D eigenvalue weighted by molar-refractivity contribution is -0.249. The normalized spacial score (nSPS) is 15.4. The van der Waals surface area contributed by atoms with Crippen molar-refractivity contribution in [3.8, 4) is 0 Å². The van der Waals surface area contributed by atoms with Crippen molar-refractivity contribution in [1.82, 2.24) is 0 Å². The summed E-state index contributed by atoms with van der Waals surface area (Å²) in [6, 6.07) is 17.3. The lowest BCUT2D eigenvalue weighted by Crippen LogP contribution is -2.44. The molecule has 2 nitrogen and oxygen atoms in total. The quantitative estimate of drug-likeness (QED) is 0.828. The van der Waals surface area contributed by atoms with E-state index in [-0.39, 0.29) is 5.71 Å². The lowest BCUT2D eigenvalue weighted by Gasteiger charge is -2.27. The smallest absolute Gasteiger partial charge is 0.380 e. The van der Waals surface area contributed by atoms with Gasteiger partial charge in [0.05, 0.1) is 11.4 Å². The average molecular weight is 307 g/mol. The molecular formula is C17H16F3NO. The highest BCUT2D eigenvalue weighted by molar-refractivity contribution is 6.02. The van der Waals surface area contributed by atoms with Crippen LogP contribution < -0.4 is 0 Å². The zero-order valence-corrected chi connectivity index (χ0v) is 12.0. The van der Waals surface area contributed by atoms with Crippen LogP contribution in [0.3, 0.4) is 0 Å². The summed E-state index contributed by atoms with van der Waals surface area (Å²) in [7, 11) is 0. The summed E-state index contributed by atoms with van der Waals surface area (Å²) < 4.78 is 38.8. The van der Waals surface area contributed by atoms with Gasteiger partial charge in [-0.1, -0.05) is 48.5 Å². The van der Waals surface area contributed by atoms with Crippen molar-refractivity contribution in [3.05, 3.63) is 66.2 Å². The summed E-state index contributed by atoms with van der Waals surface area (Å²) in [5.74, 6) is 0. The van der Waals surface area contributed by atoms with Gasteiger partial charge in [0.15, 0.2) is 5.60 Å². The van der Waals surface area contributed by atoms with Gasteiger partial charge >= 0.3 is 6.18 Å². The maximum absolute atomic E-state index is 12.9. The summed E-state index contributed by atoms with van der Waals surface area (Å²) in [5, 5.41) is 9.75. The van der Waals surface area contributed by atoms with Crippen LogP contribution in [0.25, 0.3) is 0 Å². The summed E-state index contributed by atoms with van der Waals surface area (Å²) in [4.78, 5) is 4.28. The Balaban J connectivity index is 2.42. The molecule has 0 aromatic heterocycles. The van der Waals surface area contributed by atoms with E-state index < -0.39 is 18.2 Å². The summed E-state index contributed by atoms with van der Waals surface area (Å²) >= 11 is 0. The van der Waals surface area contributed by atoms with Gasteiger partial charge in [-0.3, -0.25) is 4.99 Å². The monoisotopic (exact) mass is 307 g/mol. The first-order valence-electron chi connectivity index (χ1n) is 6.77. The van der Waals surface area contributed by atoms with Gasteiger partial charge in [-0.25, -0.2) is 0 Å². The number of aliphatic hydroxyl groups is 1. The van der Waals surface area contributed by atoms with Crippen molar-refractivity contribution in [2.75, 3.05) is 0 Å². The van der Waals surface area contributed by atoms with Crippen molar-refractivity contribution in [3.63, 3.8) is 0 Å². The van der Waals surface area contributed by atoms with Gasteiger partial charge in [0.25, 0.3) is 0 Å². The first kappa shape index (κ1) is 16.2. The largest absolute Gasteiger partial charge is 0.417 e. The Bertz CT molecular complexity index is 634. The Morgan fingerprint density at radius 2 is 1.45 bits per heavy atom. The highest BCUT2D eigenvalue weighted by atomic mass is 19.4. The van der Waals surface area contributed by atoms with Crippen LogP contribution in [0.2, 0.25) is 0 Å². The first-order valence-corrected chi connectivity index (χ1v) is 6.77. The molecule has 0 saturated carbocycles. The minimum Gasteiger partial charge on any atom is -0.380 e. The Morgan fingerprint density at radius 3 is 1.95 bits per heavy atom. The van der Waals surface area contributed by atoms with Gasteiger partial charge in [0, 0.05) is 6.42 Å². The summed E-state index contributed by atoms with van der Waals surface area (Å²) in [6.45, 7) is 0.760. The van der Waals surface area contributed by atoms with Crippen LogP contribution in [0, 0.1) is 0 Å². The van der Waals surface area contributed by atoms with Gasteiger partial charge in [0.2, 0.25) is 0 Å². The Kier molecular flexibility index (Phi) is 4.66. The number of alkyl halides is 3. The third-order valence-corrected chi connectivity index (χ3v) is 3.25. The number of rotatable bonds is 4. The number of para-hydroxylation sites is 1. The van der Waals surface area contributed by atoms with Crippen molar-refractivity contribution < 1.29 is 18.3 Å². The fourth-order valence-electron chi connectivity index (χ4n) is 1.92. The molecule has 0 spiro atoms. The molecule has 1 atom stereocenters. The minimum absolute atomic E-state index is 0.189. The van der Waals surface area contributed by atoms with Crippen molar-refractivity contribution >= 4 is 11.4 Å². The molecule has 0 aliphatic heterocycles. The molecule has 0 aliphatic rings. The molecule has 5 heteroatoms. The molecule has 1 N–H and O–H groups in total. The Labute approximate surface area is 126 Å². The van der Waals surface area contributed by atoms with Gasteiger partial charge in [-0.15, -0.1) is 0 Å². The second-order valence-corrected chi connectivity index (χ2v) is 5.21. The number of nitrogens with zero attached hydrogens (tertiary/aromatic N) is 1. The van der Waals surface area contributed by atoms with Crippen molar-refractivity contribution in [2.24, 2.45) is 4.99 Å². The van der Waals surface area contributed by atoms with Crippen LogP contribution in [0.1, 0.15) is 18.9 Å². The molecule has 0 heterocycles. The van der Waals surface area contributed by atoms with E-state index in [0.717, 1.165) is 6.92 Å². The van der Waals surface area contributed by atoms with Crippen LogP contribution in [-0.4, -0.2) is 22.6 Å². The number of hydrogen-bond donors (Lipinski definition) is 1. The highest BCUT2D eigenvalue weighted by Crippen LogP contribution is 2.34. The van der Waals surface area contributed by atoms with Crippen LogP contribution >= 0.6 is 0 Å². The third-order valence-electron chi connectivity index (χ3n) is 3.25. The third kappa shape index (κ3) is 3.95. The molecule has 0 aliphatic carbocycles. The molecule has 0 saturated heterocycles. The molecule has 0 fully saturated rings. The van der Waals surface area contributed by atoms with E-state index >= 15 is 0 Å². The molecule has 0 amide bonds. The lowest BCUT2D eigenvalue weighted by atomic mass is 9.94. The highest BCUT2D eigenvalue weighted by Gasteiger charge is 2.50. The first-order chi connectivity index (χ1) is 10.3. The van der Waals surface area contributed by atoms with E-state index in [1.807, 2.05) is 0 Å². The Morgan fingerprint density at radius 1 is 0.955 bits per heavy atom. The van der Waals surface area contributed by atoms with Gasteiger partial charge in [-0.2, -0.15) is 13.2 Å². The molecule has 0 bridgehead atoms. The van der Waals surface area contributed by atoms with E-state index in [1.165, 1.54) is 0 Å². The average Bonchev–Trinajstić information content (AvgIpc) is 2.47. The fraction of sp³-hybridized carbons (Fsp3) is 0.235. The van der Waals surface area contributed by atoms with E-state index in [0.29, 0.717) is 11.3 Å². The van der Waals surface area contributed by atoms with Crippen LogP contribution in [0.4, 0.5) is 18.9 Å². The number of halogens is 3. The van der Waals surface area contributed by atoms with E-state index in [4.69, 9.17) is 0 Å². The number of aliphatic imine (C=N–C) groups is 1. The van der Waals surface area contributed by atoms with Crippen LogP contribution in [-0.2, 0) is 0 Å². The molecule has 22 heavy (non-hydrogen) atoms. The molecular weight excluding hydrogens is 291 g/mol. The van der Waals surface area contributed by atoms with Gasteiger partial charge < -0.3 is 5.11 Å². The Hall–Kier alpha value is -2.14. The zero-order valence-electron chi connectivity index (χ0n) is 12.0.